The van der Waals surface area contributed by atoms with Gasteiger partial charge in [-0.1, -0.05) is 37.3 Å². The van der Waals surface area contributed by atoms with E-state index >= 15 is 0 Å². The average molecular weight is 464 g/mol. The smallest absolute Gasteiger partial charge is 0.242 e. The topological polar surface area (TPSA) is 86.8 Å². The van der Waals surface area contributed by atoms with E-state index in [4.69, 9.17) is 0 Å². The minimum Gasteiger partial charge on any atom is -0.357 e. The summed E-state index contributed by atoms with van der Waals surface area (Å²) < 4.78 is 39.0. The maximum absolute atomic E-state index is 13.3. The van der Waals surface area contributed by atoms with E-state index in [1.165, 1.54) is 28.4 Å². The third-order valence-corrected chi connectivity index (χ3v) is 6.29. The Balaban J connectivity index is 2.15. The van der Waals surface area contributed by atoms with E-state index in [1.807, 2.05) is 6.92 Å². The van der Waals surface area contributed by atoms with Crippen LogP contribution in [0.2, 0.25) is 0 Å². The summed E-state index contributed by atoms with van der Waals surface area (Å²) in [6.07, 6.45) is 1.88. The summed E-state index contributed by atoms with van der Waals surface area (Å²) in [5, 5.41) is 2.58. The summed E-state index contributed by atoms with van der Waals surface area (Å²) in [6.45, 7) is 2.10. The second-order valence-electron chi connectivity index (χ2n) is 7.46. The summed E-state index contributed by atoms with van der Waals surface area (Å²) >= 11 is 0. The molecular formula is C23H30FN3O4S. The van der Waals surface area contributed by atoms with Crippen molar-refractivity contribution in [3.63, 3.8) is 0 Å². The number of amides is 2. The molecule has 0 aliphatic heterocycles. The highest BCUT2D eigenvalue weighted by atomic mass is 32.2. The van der Waals surface area contributed by atoms with Gasteiger partial charge in [0.1, 0.15) is 11.9 Å². The Morgan fingerprint density at radius 3 is 2.22 bits per heavy atom. The number of benzene rings is 2. The van der Waals surface area contributed by atoms with Crippen molar-refractivity contribution in [1.29, 1.82) is 0 Å². The molecule has 0 saturated heterocycles. The van der Waals surface area contributed by atoms with Gasteiger partial charge in [-0.25, -0.2) is 12.8 Å². The van der Waals surface area contributed by atoms with Crippen LogP contribution in [-0.4, -0.2) is 51.0 Å². The quantitative estimate of drug-likeness (QED) is 0.555. The Morgan fingerprint density at radius 2 is 1.69 bits per heavy atom. The number of nitrogens with one attached hydrogen (secondary N) is 1. The molecule has 0 spiro atoms. The van der Waals surface area contributed by atoms with Gasteiger partial charge in [0.25, 0.3) is 0 Å². The first kappa shape index (κ1) is 25.3. The van der Waals surface area contributed by atoms with Crippen LogP contribution in [0.3, 0.4) is 0 Å². The van der Waals surface area contributed by atoms with Crippen LogP contribution in [0.15, 0.2) is 54.6 Å². The molecule has 32 heavy (non-hydrogen) atoms. The number of carbonyl (C=O) groups is 2. The van der Waals surface area contributed by atoms with Gasteiger partial charge in [0.2, 0.25) is 21.8 Å². The lowest BCUT2D eigenvalue weighted by Crippen LogP contribution is -2.48. The number of halogens is 1. The number of rotatable bonds is 11. The molecule has 0 radical (unpaired) electrons. The van der Waals surface area contributed by atoms with Gasteiger partial charge < -0.3 is 10.2 Å². The fourth-order valence-corrected chi connectivity index (χ4v) is 4.44. The maximum atomic E-state index is 13.3. The summed E-state index contributed by atoms with van der Waals surface area (Å²) in [5.41, 5.74) is 1.23. The number of likely N-dealkylation sites (N-methyl/N-ethyl adjacent to an activating group) is 1. The third kappa shape index (κ3) is 7.05. The van der Waals surface area contributed by atoms with Crippen molar-refractivity contribution in [3.8, 4) is 0 Å². The number of sulfonamides is 1. The van der Waals surface area contributed by atoms with Crippen molar-refractivity contribution in [3.05, 3.63) is 66.0 Å². The average Bonchev–Trinajstić information content (AvgIpc) is 2.77. The fourth-order valence-electron chi connectivity index (χ4n) is 3.47. The zero-order chi connectivity index (χ0) is 23.7. The second kappa shape index (κ2) is 11.6. The first-order valence-electron chi connectivity index (χ1n) is 10.5. The highest BCUT2D eigenvalue weighted by molar-refractivity contribution is 7.92. The van der Waals surface area contributed by atoms with Crippen molar-refractivity contribution in [2.24, 2.45) is 0 Å². The number of nitrogens with zero attached hydrogens (tertiary/aromatic N) is 2. The normalized spacial score (nSPS) is 12.1. The van der Waals surface area contributed by atoms with Gasteiger partial charge in [-0.3, -0.25) is 13.9 Å². The molecule has 1 atom stereocenters. The molecule has 2 aromatic rings. The van der Waals surface area contributed by atoms with Gasteiger partial charge in [0, 0.05) is 26.6 Å². The minimum absolute atomic E-state index is 0.0630. The lowest BCUT2D eigenvalue weighted by Gasteiger charge is -2.30. The number of hydrogen-bond donors (Lipinski definition) is 1. The summed E-state index contributed by atoms with van der Waals surface area (Å²) in [5.74, 6) is -0.942. The molecule has 9 heteroatoms. The molecule has 7 nitrogen and oxygen atoms in total. The zero-order valence-electron chi connectivity index (χ0n) is 18.6. The molecule has 174 valence electrons. The molecule has 0 aromatic heterocycles. The molecular weight excluding hydrogens is 433 g/mol. The lowest BCUT2D eigenvalue weighted by atomic mass is 10.1. The van der Waals surface area contributed by atoms with Crippen molar-refractivity contribution in [1.82, 2.24) is 10.2 Å². The highest BCUT2D eigenvalue weighted by Crippen LogP contribution is 2.19. The first-order valence-corrected chi connectivity index (χ1v) is 12.3. The number of carbonyl (C=O) groups excluding carboxylic acids is 2. The van der Waals surface area contributed by atoms with Gasteiger partial charge in [0.15, 0.2) is 0 Å². The maximum Gasteiger partial charge on any atom is 0.242 e. The molecule has 2 amide bonds. The van der Waals surface area contributed by atoms with E-state index in [-0.39, 0.29) is 43.6 Å². The van der Waals surface area contributed by atoms with E-state index in [0.717, 1.165) is 6.26 Å². The molecule has 2 rings (SSSR count). The molecule has 0 heterocycles. The largest absolute Gasteiger partial charge is 0.357 e. The van der Waals surface area contributed by atoms with E-state index in [0.29, 0.717) is 17.7 Å². The van der Waals surface area contributed by atoms with Crippen LogP contribution < -0.4 is 9.62 Å². The molecule has 0 saturated carbocycles. The van der Waals surface area contributed by atoms with Crippen LogP contribution in [0, 0.1) is 5.82 Å². The van der Waals surface area contributed by atoms with Crippen molar-refractivity contribution < 1.29 is 22.4 Å². The van der Waals surface area contributed by atoms with Gasteiger partial charge >= 0.3 is 0 Å². The van der Waals surface area contributed by atoms with Crippen LogP contribution in [-0.2, 0) is 26.2 Å². The molecule has 0 aliphatic rings. The first-order chi connectivity index (χ1) is 15.2. The molecule has 0 fully saturated rings. The van der Waals surface area contributed by atoms with Crippen molar-refractivity contribution >= 4 is 27.5 Å². The Hall–Kier alpha value is -2.94. The molecule has 2 aromatic carbocycles. The monoisotopic (exact) mass is 463 g/mol. The summed E-state index contributed by atoms with van der Waals surface area (Å²) in [7, 11) is -2.01. The van der Waals surface area contributed by atoms with Gasteiger partial charge in [-0.2, -0.15) is 0 Å². The number of para-hydroxylation sites is 1. The third-order valence-electron chi connectivity index (χ3n) is 5.09. The minimum atomic E-state index is -3.52. The SMILES string of the molecule is CC[C@H](C(=O)NC)N(Cc1ccc(F)cc1)C(=O)CCCN(c1ccccc1)S(C)(=O)=O. The Morgan fingerprint density at radius 1 is 1.06 bits per heavy atom. The Labute approximate surface area is 189 Å². The predicted molar refractivity (Wildman–Crippen MR) is 123 cm³/mol. The predicted octanol–water partition coefficient (Wildman–Crippen LogP) is 2.93. The van der Waals surface area contributed by atoms with Crippen LogP contribution in [0.25, 0.3) is 0 Å². The Kier molecular flexibility index (Phi) is 9.19. The number of hydrogen-bond acceptors (Lipinski definition) is 4. The lowest BCUT2D eigenvalue weighted by molar-refractivity contribution is -0.141. The van der Waals surface area contributed by atoms with Crippen LogP contribution in [0.1, 0.15) is 31.7 Å². The van der Waals surface area contributed by atoms with E-state index in [1.54, 1.807) is 42.5 Å². The van der Waals surface area contributed by atoms with Gasteiger partial charge in [0.05, 0.1) is 11.9 Å². The van der Waals surface area contributed by atoms with Crippen molar-refractivity contribution in [2.75, 3.05) is 24.2 Å². The second-order valence-corrected chi connectivity index (χ2v) is 9.37. The molecule has 0 unspecified atom stereocenters. The van der Waals surface area contributed by atoms with Crippen LogP contribution in [0.5, 0.6) is 0 Å². The van der Waals surface area contributed by atoms with E-state index in [9.17, 15) is 22.4 Å². The highest BCUT2D eigenvalue weighted by Gasteiger charge is 2.28. The molecule has 0 aliphatic carbocycles. The fraction of sp³-hybridized carbons (Fsp3) is 0.391. The van der Waals surface area contributed by atoms with Crippen LogP contribution in [0.4, 0.5) is 10.1 Å². The summed E-state index contributed by atoms with van der Waals surface area (Å²) in [4.78, 5) is 27.0. The van der Waals surface area contributed by atoms with E-state index in [2.05, 4.69) is 5.32 Å². The standard InChI is InChI=1S/C23H30FN3O4S/c1-4-21(23(29)25-2)26(17-18-12-14-19(24)15-13-18)22(28)11-8-16-27(32(3,30)31)20-9-6-5-7-10-20/h5-7,9-10,12-15,21H,4,8,11,16-17H2,1-3H3,(H,25,29)/t21-/m1/s1. The summed E-state index contributed by atoms with van der Waals surface area (Å²) in [6, 6.07) is 13.8. The van der Waals surface area contributed by atoms with E-state index < -0.39 is 16.1 Å². The van der Waals surface area contributed by atoms with Gasteiger partial charge in [-0.05, 0) is 42.7 Å². The Bertz CT molecular complexity index is 998. The number of anilines is 1. The van der Waals surface area contributed by atoms with Crippen LogP contribution >= 0.6 is 0 Å². The van der Waals surface area contributed by atoms with Crippen molar-refractivity contribution in [2.45, 2.75) is 38.8 Å². The molecule has 1 N–H and O–H groups in total. The van der Waals surface area contributed by atoms with Gasteiger partial charge in [-0.15, -0.1) is 0 Å². The zero-order valence-corrected chi connectivity index (χ0v) is 19.4. The molecule has 0 bridgehead atoms.